The Bertz CT molecular complexity index is 592. The van der Waals surface area contributed by atoms with Crippen molar-refractivity contribution in [2.24, 2.45) is 13.0 Å². The van der Waals surface area contributed by atoms with Gasteiger partial charge in [-0.2, -0.15) is 4.31 Å². The van der Waals surface area contributed by atoms with E-state index >= 15 is 0 Å². The molecule has 0 bridgehead atoms. The summed E-state index contributed by atoms with van der Waals surface area (Å²) in [6, 6.07) is 0.455. The molecule has 1 N–H and O–H groups in total. The van der Waals surface area contributed by atoms with E-state index in [0.717, 1.165) is 25.8 Å². The topological polar surface area (TPSA) is 80.1 Å². The maximum atomic E-state index is 12.8. The number of hydrogen-bond acceptors (Lipinski definition) is 5. The molecular weight excluding hydrogens is 358 g/mol. The van der Waals surface area contributed by atoms with Gasteiger partial charge in [-0.05, 0) is 54.1 Å². The second-order valence-electron chi connectivity index (χ2n) is 5.78. The van der Waals surface area contributed by atoms with Crippen molar-refractivity contribution in [2.45, 2.75) is 36.8 Å². The van der Waals surface area contributed by atoms with Gasteiger partial charge in [-0.15, -0.1) is 5.10 Å². The largest absolute Gasteiger partial charge is 0.314 e. The van der Waals surface area contributed by atoms with Crippen molar-refractivity contribution in [3.8, 4) is 0 Å². The first-order chi connectivity index (χ1) is 10.00. The molecule has 9 heteroatoms. The van der Waals surface area contributed by atoms with Crippen LogP contribution in [0.5, 0.6) is 0 Å². The summed E-state index contributed by atoms with van der Waals surface area (Å²) in [5.41, 5.74) is 0. The quantitative estimate of drug-likeness (QED) is 0.839. The summed E-state index contributed by atoms with van der Waals surface area (Å²) in [6.45, 7) is 2.20. The highest BCUT2D eigenvalue weighted by molar-refractivity contribution is 9.10. The molecule has 2 aliphatic rings. The van der Waals surface area contributed by atoms with Gasteiger partial charge >= 0.3 is 0 Å². The average Bonchev–Trinajstić information content (AvgIpc) is 3.09. The minimum absolute atomic E-state index is 0.141. The van der Waals surface area contributed by atoms with E-state index in [1.807, 2.05) is 0 Å². The normalized spacial score (nSPS) is 28.1. The van der Waals surface area contributed by atoms with E-state index in [-0.39, 0.29) is 9.63 Å². The number of nitrogens with one attached hydrogen (secondary N) is 1. The Hall–Kier alpha value is -0.510. The molecule has 3 heterocycles. The van der Waals surface area contributed by atoms with Crippen LogP contribution < -0.4 is 5.32 Å². The van der Waals surface area contributed by atoms with E-state index < -0.39 is 10.0 Å². The fourth-order valence-electron chi connectivity index (χ4n) is 3.35. The van der Waals surface area contributed by atoms with Crippen LogP contribution in [0.1, 0.15) is 25.7 Å². The third kappa shape index (κ3) is 2.88. The molecule has 7 nitrogen and oxygen atoms in total. The van der Waals surface area contributed by atoms with E-state index in [1.54, 1.807) is 11.4 Å². The van der Waals surface area contributed by atoms with Gasteiger partial charge in [0.15, 0.2) is 4.60 Å². The zero-order valence-corrected chi connectivity index (χ0v) is 14.4. The van der Waals surface area contributed by atoms with Crippen molar-refractivity contribution in [1.82, 2.24) is 24.6 Å². The van der Waals surface area contributed by atoms with Crippen LogP contribution in [-0.2, 0) is 17.1 Å². The maximum Gasteiger partial charge on any atom is 0.263 e. The first-order valence-corrected chi connectivity index (χ1v) is 9.52. The molecule has 2 atom stereocenters. The Kier molecular flexibility index (Phi) is 4.35. The summed E-state index contributed by atoms with van der Waals surface area (Å²) in [4.78, 5) is 0. The van der Waals surface area contributed by atoms with Gasteiger partial charge in [0.2, 0.25) is 5.03 Å². The Morgan fingerprint density at radius 3 is 2.76 bits per heavy atom. The van der Waals surface area contributed by atoms with E-state index in [9.17, 15) is 8.42 Å². The van der Waals surface area contributed by atoms with Crippen molar-refractivity contribution < 1.29 is 8.42 Å². The highest BCUT2D eigenvalue weighted by atomic mass is 79.9. The average molecular weight is 378 g/mol. The lowest BCUT2D eigenvalue weighted by Gasteiger charge is -2.34. The molecule has 0 aliphatic carbocycles. The van der Waals surface area contributed by atoms with E-state index in [0.29, 0.717) is 25.0 Å². The highest BCUT2D eigenvalue weighted by Gasteiger charge is 2.37. The fraction of sp³-hybridized carbons (Fsp3) is 0.833. The molecule has 0 saturated carbocycles. The van der Waals surface area contributed by atoms with Gasteiger partial charge in [0.1, 0.15) is 0 Å². The molecule has 2 fully saturated rings. The molecule has 1 aromatic heterocycles. The van der Waals surface area contributed by atoms with Crippen molar-refractivity contribution in [2.75, 3.05) is 19.6 Å². The van der Waals surface area contributed by atoms with Crippen molar-refractivity contribution >= 4 is 26.0 Å². The molecule has 0 amide bonds. The van der Waals surface area contributed by atoms with Crippen LogP contribution >= 0.6 is 15.9 Å². The monoisotopic (exact) mass is 377 g/mol. The first kappa shape index (κ1) is 15.4. The van der Waals surface area contributed by atoms with Gasteiger partial charge in [-0.3, -0.25) is 0 Å². The van der Waals surface area contributed by atoms with Crippen LogP contribution in [0.4, 0.5) is 0 Å². The van der Waals surface area contributed by atoms with Crippen LogP contribution in [0.15, 0.2) is 9.63 Å². The predicted octanol–water partition coefficient (Wildman–Crippen LogP) is 0.730. The van der Waals surface area contributed by atoms with Gasteiger partial charge in [0.05, 0.1) is 0 Å². The van der Waals surface area contributed by atoms with E-state index in [1.165, 1.54) is 11.1 Å². The van der Waals surface area contributed by atoms with Gasteiger partial charge < -0.3 is 5.32 Å². The summed E-state index contributed by atoms with van der Waals surface area (Å²) in [5.74, 6) is 0.399. The number of halogens is 1. The second-order valence-corrected chi connectivity index (χ2v) is 8.38. The first-order valence-electron chi connectivity index (χ1n) is 7.29. The number of sulfonamides is 1. The standard InChI is InChI=1S/C12H20BrN5O2S/c1-17-12(11(13)15-16-17)21(19,20)18-7-3-4-9(8-18)10-5-2-6-14-10/h9-10,14H,2-8H2,1H3. The fourth-order valence-corrected chi connectivity index (χ4v) is 5.92. The van der Waals surface area contributed by atoms with Crippen LogP contribution in [0.25, 0.3) is 0 Å². The number of aromatic nitrogens is 3. The lowest BCUT2D eigenvalue weighted by Crippen LogP contribution is -2.46. The molecule has 2 unspecified atom stereocenters. The molecule has 3 rings (SSSR count). The molecule has 2 aliphatic heterocycles. The maximum absolute atomic E-state index is 12.8. The molecule has 21 heavy (non-hydrogen) atoms. The molecule has 0 radical (unpaired) electrons. The number of hydrogen-bond donors (Lipinski definition) is 1. The number of aryl methyl sites for hydroxylation is 1. The Morgan fingerprint density at radius 2 is 2.14 bits per heavy atom. The van der Waals surface area contributed by atoms with Crippen molar-refractivity contribution in [1.29, 1.82) is 0 Å². The van der Waals surface area contributed by atoms with Gasteiger partial charge in [-0.25, -0.2) is 13.1 Å². The number of rotatable bonds is 3. The Balaban J connectivity index is 1.82. The number of piperidine rings is 1. The lowest BCUT2D eigenvalue weighted by atomic mass is 9.91. The summed E-state index contributed by atoms with van der Waals surface area (Å²) in [7, 11) is -1.94. The minimum Gasteiger partial charge on any atom is -0.314 e. The van der Waals surface area contributed by atoms with Crippen LogP contribution in [0, 0.1) is 5.92 Å². The Labute approximate surface area is 133 Å². The number of nitrogens with zero attached hydrogens (tertiary/aromatic N) is 4. The zero-order chi connectivity index (χ0) is 15.0. The van der Waals surface area contributed by atoms with Crippen molar-refractivity contribution in [3.63, 3.8) is 0 Å². The summed E-state index contributed by atoms with van der Waals surface area (Å²) < 4.78 is 28.8. The predicted molar refractivity (Wildman–Crippen MR) is 81.2 cm³/mol. The lowest BCUT2D eigenvalue weighted by molar-refractivity contribution is 0.225. The van der Waals surface area contributed by atoms with Crippen LogP contribution in [0.2, 0.25) is 0 Å². The third-order valence-electron chi connectivity index (χ3n) is 4.41. The highest BCUT2D eigenvalue weighted by Crippen LogP contribution is 2.30. The summed E-state index contributed by atoms with van der Waals surface area (Å²) in [5, 5.41) is 11.2. The SMILES string of the molecule is Cn1nnc(Br)c1S(=O)(=O)N1CCCC(C2CCCN2)C1. The molecular formula is C12H20BrN5O2S. The molecule has 0 aromatic carbocycles. The molecule has 1 aromatic rings. The summed E-state index contributed by atoms with van der Waals surface area (Å²) >= 11 is 3.19. The zero-order valence-electron chi connectivity index (χ0n) is 12.0. The smallest absolute Gasteiger partial charge is 0.263 e. The van der Waals surface area contributed by atoms with Gasteiger partial charge in [0, 0.05) is 26.2 Å². The van der Waals surface area contributed by atoms with E-state index in [2.05, 4.69) is 31.6 Å². The summed E-state index contributed by atoms with van der Waals surface area (Å²) in [6.07, 6.45) is 4.33. The van der Waals surface area contributed by atoms with Crippen LogP contribution in [-0.4, -0.2) is 53.4 Å². The van der Waals surface area contributed by atoms with Gasteiger partial charge in [-0.1, -0.05) is 5.21 Å². The second kappa shape index (κ2) is 5.94. The van der Waals surface area contributed by atoms with Crippen LogP contribution in [0.3, 0.4) is 0 Å². The van der Waals surface area contributed by atoms with E-state index in [4.69, 9.17) is 0 Å². The molecule has 118 valence electrons. The Morgan fingerprint density at radius 1 is 1.33 bits per heavy atom. The molecule has 0 spiro atoms. The van der Waals surface area contributed by atoms with Crippen molar-refractivity contribution in [3.05, 3.63) is 4.60 Å². The third-order valence-corrected chi connectivity index (χ3v) is 7.16. The molecule has 2 saturated heterocycles. The minimum atomic E-state index is -3.55. The van der Waals surface area contributed by atoms with Gasteiger partial charge in [0.25, 0.3) is 10.0 Å².